The first-order valence-electron chi connectivity index (χ1n) is 9.86. The summed E-state index contributed by atoms with van der Waals surface area (Å²) in [4.78, 5) is 26.0. The molecule has 4 aliphatic carbocycles. The van der Waals surface area contributed by atoms with Gasteiger partial charge in [0.25, 0.3) is 0 Å². The minimum absolute atomic E-state index is 0.0221. The monoisotopic (exact) mass is 355 g/mol. The van der Waals surface area contributed by atoms with Crippen LogP contribution in [0, 0.1) is 24.2 Å². The van der Waals surface area contributed by atoms with E-state index in [9.17, 15) is 9.59 Å². The van der Waals surface area contributed by atoms with Gasteiger partial charge >= 0.3 is 5.97 Å². The van der Waals surface area contributed by atoms with E-state index in [1.165, 1.54) is 30.4 Å². The minimum atomic E-state index is -0.841. The molecule has 1 amide bonds. The Hall–Kier alpha value is -1.84. The Morgan fingerprint density at radius 1 is 1.12 bits per heavy atom. The van der Waals surface area contributed by atoms with E-state index in [-0.39, 0.29) is 23.2 Å². The van der Waals surface area contributed by atoms with Crippen LogP contribution in [0.1, 0.15) is 56.1 Å². The molecule has 1 aromatic carbocycles. The number of aliphatic carboxylic acids is 1. The number of rotatable bonds is 5. The maximum absolute atomic E-state index is 13.4. The van der Waals surface area contributed by atoms with E-state index in [2.05, 4.69) is 31.2 Å². The Balaban J connectivity index is 1.63. The van der Waals surface area contributed by atoms with Gasteiger partial charge in [0.2, 0.25) is 5.91 Å². The van der Waals surface area contributed by atoms with E-state index < -0.39 is 5.97 Å². The van der Waals surface area contributed by atoms with Crippen LogP contribution in [0.25, 0.3) is 0 Å². The summed E-state index contributed by atoms with van der Waals surface area (Å²) in [6.45, 7) is 2.43. The van der Waals surface area contributed by atoms with Gasteiger partial charge in [-0.05, 0) is 68.3 Å². The van der Waals surface area contributed by atoms with Gasteiger partial charge < -0.3 is 10.0 Å². The number of benzene rings is 1. The van der Waals surface area contributed by atoms with Crippen molar-refractivity contribution in [2.45, 2.75) is 57.3 Å². The number of carbonyl (C=O) groups is 2. The van der Waals surface area contributed by atoms with Crippen molar-refractivity contribution in [3.8, 4) is 0 Å². The lowest BCUT2D eigenvalue weighted by Crippen LogP contribution is -2.59. The lowest BCUT2D eigenvalue weighted by molar-refractivity contribution is -0.159. The highest BCUT2D eigenvalue weighted by Crippen LogP contribution is 2.66. The molecule has 0 spiro atoms. The Morgan fingerprint density at radius 3 is 2.31 bits per heavy atom. The first-order chi connectivity index (χ1) is 12.3. The Bertz CT molecular complexity index is 709. The van der Waals surface area contributed by atoms with E-state index in [0.29, 0.717) is 18.4 Å². The van der Waals surface area contributed by atoms with E-state index in [4.69, 9.17) is 5.11 Å². The zero-order valence-electron chi connectivity index (χ0n) is 15.8. The standard InChI is InChI=1S/C22H29NO3/c1-15-3-5-18(6-4-15)21-10-16-9-17(11-21)13-22(12-16,14-21)20(26)23(2)8-7-19(24)25/h3-6,16-17H,7-14H2,1-2H3,(H,24,25). The molecule has 1 N–H and O–H groups in total. The van der Waals surface area contributed by atoms with Crippen LogP contribution >= 0.6 is 0 Å². The third kappa shape index (κ3) is 2.83. The van der Waals surface area contributed by atoms with Gasteiger partial charge in [-0.25, -0.2) is 0 Å². The van der Waals surface area contributed by atoms with Crippen LogP contribution in [0.4, 0.5) is 0 Å². The van der Waals surface area contributed by atoms with Gasteiger partial charge in [-0.1, -0.05) is 29.8 Å². The van der Waals surface area contributed by atoms with Crippen molar-refractivity contribution in [2.75, 3.05) is 13.6 Å². The molecule has 4 saturated carbocycles. The number of hydrogen-bond acceptors (Lipinski definition) is 2. The molecular formula is C22H29NO3. The molecule has 0 aliphatic heterocycles. The third-order valence-electron chi connectivity index (χ3n) is 7.19. The number of carbonyl (C=O) groups excluding carboxylic acids is 1. The highest BCUT2D eigenvalue weighted by molar-refractivity contribution is 5.84. The van der Waals surface area contributed by atoms with Crippen molar-refractivity contribution in [2.24, 2.45) is 17.3 Å². The quantitative estimate of drug-likeness (QED) is 0.875. The van der Waals surface area contributed by atoms with Crippen LogP contribution in [0.2, 0.25) is 0 Å². The van der Waals surface area contributed by atoms with Gasteiger partial charge in [-0.3, -0.25) is 9.59 Å². The van der Waals surface area contributed by atoms with Crippen LogP contribution in [0.3, 0.4) is 0 Å². The summed E-state index contributed by atoms with van der Waals surface area (Å²) in [5.41, 5.74) is 2.55. The number of nitrogens with zero attached hydrogens (tertiary/aromatic N) is 1. The molecule has 4 fully saturated rings. The van der Waals surface area contributed by atoms with Gasteiger partial charge in [0.1, 0.15) is 0 Å². The second kappa shape index (κ2) is 6.11. The Kier molecular flexibility index (Phi) is 4.13. The lowest BCUT2D eigenvalue weighted by Gasteiger charge is -2.62. The fourth-order valence-electron chi connectivity index (χ4n) is 6.53. The third-order valence-corrected chi connectivity index (χ3v) is 7.19. The molecule has 2 unspecified atom stereocenters. The second-order valence-corrected chi connectivity index (χ2v) is 9.26. The average Bonchev–Trinajstić information content (AvgIpc) is 2.58. The van der Waals surface area contributed by atoms with Crippen LogP contribution in [0.5, 0.6) is 0 Å². The van der Waals surface area contributed by atoms with Gasteiger partial charge in [-0.15, -0.1) is 0 Å². The predicted molar refractivity (Wildman–Crippen MR) is 99.9 cm³/mol. The van der Waals surface area contributed by atoms with Crippen molar-refractivity contribution in [1.82, 2.24) is 4.90 Å². The van der Waals surface area contributed by atoms with Crippen LogP contribution in [0.15, 0.2) is 24.3 Å². The van der Waals surface area contributed by atoms with Gasteiger partial charge in [-0.2, -0.15) is 0 Å². The molecule has 140 valence electrons. The maximum atomic E-state index is 13.4. The van der Waals surface area contributed by atoms with Crippen molar-refractivity contribution in [1.29, 1.82) is 0 Å². The zero-order chi connectivity index (χ0) is 18.5. The molecule has 4 bridgehead atoms. The number of carboxylic acid groups (broad SMARTS) is 1. The van der Waals surface area contributed by atoms with E-state index >= 15 is 0 Å². The number of carboxylic acids is 1. The molecule has 26 heavy (non-hydrogen) atoms. The Morgan fingerprint density at radius 2 is 1.73 bits per heavy atom. The van der Waals surface area contributed by atoms with Crippen LogP contribution in [-0.2, 0) is 15.0 Å². The zero-order valence-corrected chi connectivity index (χ0v) is 15.8. The summed E-state index contributed by atoms with van der Waals surface area (Å²) < 4.78 is 0. The maximum Gasteiger partial charge on any atom is 0.305 e. The van der Waals surface area contributed by atoms with Gasteiger partial charge in [0.15, 0.2) is 0 Å². The molecule has 5 rings (SSSR count). The summed E-state index contributed by atoms with van der Waals surface area (Å²) in [6.07, 6.45) is 6.63. The molecular weight excluding hydrogens is 326 g/mol. The average molecular weight is 355 g/mol. The second-order valence-electron chi connectivity index (χ2n) is 9.26. The normalized spacial score (nSPS) is 34.7. The van der Waals surface area contributed by atoms with Crippen molar-refractivity contribution in [3.63, 3.8) is 0 Å². The largest absolute Gasteiger partial charge is 0.481 e. The molecule has 4 aliphatic rings. The lowest BCUT2D eigenvalue weighted by atomic mass is 9.42. The summed E-state index contributed by atoms with van der Waals surface area (Å²) in [7, 11) is 1.78. The van der Waals surface area contributed by atoms with Gasteiger partial charge in [0, 0.05) is 13.6 Å². The Labute approximate surface area is 155 Å². The highest BCUT2D eigenvalue weighted by atomic mass is 16.4. The topological polar surface area (TPSA) is 57.6 Å². The molecule has 1 aromatic rings. The van der Waals surface area contributed by atoms with Crippen LogP contribution in [-0.4, -0.2) is 35.5 Å². The number of aryl methyl sites for hydroxylation is 1. The molecule has 0 saturated heterocycles. The molecule has 4 heteroatoms. The molecule has 0 heterocycles. The fraction of sp³-hybridized carbons (Fsp3) is 0.636. The first kappa shape index (κ1) is 17.6. The first-order valence-corrected chi connectivity index (χ1v) is 9.86. The smallest absolute Gasteiger partial charge is 0.305 e. The van der Waals surface area contributed by atoms with Gasteiger partial charge in [0.05, 0.1) is 11.8 Å². The number of amides is 1. The highest BCUT2D eigenvalue weighted by Gasteiger charge is 2.61. The van der Waals surface area contributed by atoms with E-state index in [1.54, 1.807) is 11.9 Å². The van der Waals surface area contributed by atoms with E-state index in [1.807, 2.05) is 0 Å². The SMILES string of the molecule is Cc1ccc(C23CC4CC(CC(C(=O)N(C)CCC(=O)O)(C4)C2)C3)cc1. The van der Waals surface area contributed by atoms with E-state index in [0.717, 1.165) is 19.3 Å². The van der Waals surface area contributed by atoms with Crippen LogP contribution < -0.4 is 0 Å². The summed E-state index contributed by atoms with van der Waals surface area (Å²) in [5, 5.41) is 8.95. The minimum Gasteiger partial charge on any atom is -0.481 e. The molecule has 0 aromatic heterocycles. The number of hydrogen-bond donors (Lipinski definition) is 1. The summed E-state index contributed by atoms with van der Waals surface area (Å²) in [6, 6.07) is 8.94. The van der Waals surface area contributed by atoms with Crippen molar-refractivity contribution < 1.29 is 14.7 Å². The van der Waals surface area contributed by atoms with Crippen molar-refractivity contribution >= 4 is 11.9 Å². The molecule has 4 nitrogen and oxygen atoms in total. The molecule has 0 radical (unpaired) electrons. The predicted octanol–water partition coefficient (Wildman–Crippen LogP) is 3.77. The summed E-state index contributed by atoms with van der Waals surface area (Å²) >= 11 is 0. The summed E-state index contributed by atoms with van der Waals surface area (Å²) in [5.74, 6) is 0.611. The fourth-order valence-corrected chi connectivity index (χ4v) is 6.53. The van der Waals surface area contributed by atoms with Crippen molar-refractivity contribution in [3.05, 3.63) is 35.4 Å². The molecule has 2 atom stereocenters.